The van der Waals surface area contributed by atoms with Crippen molar-refractivity contribution in [2.24, 2.45) is 0 Å². The Labute approximate surface area is 173 Å². The van der Waals surface area contributed by atoms with Gasteiger partial charge in [-0.15, -0.1) is 0 Å². The molecule has 5 rings (SSSR count). The van der Waals surface area contributed by atoms with Crippen LogP contribution in [0.4, 0.5) is 22.9 Å². The van der Waals surface area contributed by atoms with E-state index in [-0.39, 0.29) is 0 Å². The zero-order valence-electron chi connectivity index (χ0n) is 16.3. The van der Waals surface area contributed by atoms with Gasteiger partial charge in [-0.2, -0.15) is 16.4 Å². The molecular formula is C23H21N5S. The van der Waals surface area contributed by atoms with Gasteiger partial charge in [0.25, 0.3) is 0 Å². The zero-order valence-corrected chi connectivity index (χ0v) is 17.1. The van der Waals surface area contributed by atoms with Gasteiger partial charge in [0.1, 0.15) is 5.82 Å². The number of aryl methyl sites for hydroxylation is 2. The number of fused-ring (bicyclic) bond motifs is 2. The third-order valence-corrected chi connectivity index (χ3v) is 5.83. The molecule has 5 nitrogen and oxygen atoms in total. The molecule has 0 atom stereocenters. The highest BCUT2D eigenvalue weighted by atomic mass is 32.1. The number of thiophene rings is 1. The minimum absolute atomic E-state index is 0.844. The van der Waals surface area contributed by atoms with Crippen molar-refractivity contribution >= 4 is 55.9 Å². The van der Waals surface area contributed by atoms with E-state index in [9.17, 15) is 0 Å². The van der Waals surface area contributed by atoms with Crippen LogP contribution in [0.1, 0.15) is 12.5 Å². The molecule has 2 aromatic carbocycles. The predicted octanol–water partition coefficient (Wildman–Crippen LogP) is 6.46. The van der Waals surface area contributed by atoms with Crippen molar-refractivity contribution < 1.29 is 0 Å². The quantitative estimate of drug-likeness (QED) is 0.356. The molecule has 0 saturated heterocycles. The van der Waals surface area contributed by atoms with Crippen LogP contribution in [0.5, 0.6) is 0 Å². The molecule has 2 N–H and O–H groups in total. The van der Waals surface area contributed by atoms with Crippen molar-refractivity contribution in [3.63, 3.8) is 0 Å². The lowest BCUT2D eigenvalue weighted by Gasteiger charge is -2.15. The molecule has 0 bridgehead atoms. The van der Waals surface area contributed by atoms with Crippen LogP contribution in [-0.4, -0.2) is 14.8 Å². The first-order valence-corrected chi connectivity index (χ1v) is 10.6. The molecule has 29 heavy (non-hydrogen) atoms. The molecule has 0 radical (unpaired) electrons. The van der Waals surface area contributed by atoms with Crippen LogP contribution in [-0.2, 0) is 6.54 Å². The van der Waals surface area contributed by atoms with Gasteiger partial charge in [0.05, 0.1) is 11.7 Å². The molecule has 3 heterocycles. The van der Waals surface area contributed by atoms with E-state index in [2.05, 4.69) is 87.8 Å². The van der Waals surface area contributed by atoms with E-state index in [0.29, 0.717) is 0 Å². The smallest absolute Gasteiger partial charge is 0.138 e. The lowest BCUT2D eigenvalue weighted by Crippen LogP contribution is -1.99. The summed E-state index contributed by atoms with van der Waals surface area (Å²) in [6, 6.07) is 14.7. The SMILES string of the molecule is CCn1ncc2ccc(Nc3nccc4c(Nc5ccsc5)c(C)ccc34)cc21. The zero-order chi connectivity index (χ0) is 19.8. The average molecular weight is 400 g/mol. The maximum absolute atomic E-state index is 4.62. The first-order chi connectivity index (χ1) is 14.2. The van der Waals surface area contributed by atoms with Crippen LogP contribution < -0.4 is 10.6 Å². The Morgan fingerprint density at radius 1 is 1.00 bits per heavy atom. The molecule has 3 aromatic heterocycles. The fraction of sp³-hybridized carbons (Fsp3) is 0.130. The van der Waals surface area contributed by atoms with Crippen molar-refractivity contribution in [2.75, 3.05) is 10.6 Å². The summed E-state index contributed by atoms with van der Waals surface area (Å²) in [7, 11) is 0. The van der Waals surface area contributed by atoms with Gasteiger partial charge >= 0.3 is 0 Å². The third kappa shape index (κ3) is 3.21. The molecule has 0 unspecified atom stereocenters. The van der Waals surface area contributed by atoms with Gasteiger partial charge in [0.2, 0.25) is 0 Å². The van der Waals surface area contributed by atoms with E-state index in [1.165, 1.54) is 5.56 Å². The minimum atomic E-state index is 0.844. The molecule has 0 spiro atoms. The largest absolute Gasteiger partial charge is 0.354 e. The van der Waals surface area contributed by atoms with Crippen molar-refractivity contribution in [3.8, 4) is 0 Å². The molecule has 5 aromatic rings. The van der Waals surface area contributed by atoms with Crippen LogP contribution in [0, 0.1) is 6.92 Å². The van der Waals surface area contributed by atoms with E-state index in [0.717, 1.165) is 51.1 Å². The fourth-order valence-electron chi connectivity index (χ4n) is 3.65. The Morgan fingerprint density at radius 2 is 1.93 bits per heavy atom. The Balaban J connectivity index is 1.57. The first kappa shape index (κ1) is 17.7. The van der Waals surface area contributed by atoms with Crippen LogP contribution in [0.2, 0.25) is 0 Å². The van der Waals surface area contributed by atoms with Crippen LogP contribution in [0.3, 0.4) is 0 Å². The minimum Gasteiger partial charge on any atom is -0.354 e. The second kappa shape index (κ2) is 7.22. The number of nitrogens with zero attached hydrogens (tertiary/aromatic N) is 3. The molecule has 0 amide bonds. The lowest BCUT2D eigenvalue weighted by molar-refractivity contribution is 0.684. The van der Waals surface area contributed by atoms with Crippen molar-refractivity contribution in [1.29, 1.82) is 0 Å². The van der Waals surface area contributed by atoms with Gasteiger partial charge in [-0.1, -0.05) is 12.1 Å². The number of benzene rings is 2. The van der Waals surface area contributed by atoms with Gasteiger partial charge in [0, 0.05) is 51.3 Å². The Morgan fingerprint density at radius 3 is 2.76 bits per heavy atom. The molecule has 144 valence electrons. The monoisotopic (exact) mass is 399 g/mol. The molecule has 0 saturated carbocycles. The van der Waals surface area contributed by atoms with E-state index < -0.39 is 0 Å². The number of anilines is 4. The number of rotatable bonds is 5. The molecule has 0 aliphatic heterocycles. The van der Waals surface area contributed by atoms with E-state index in [1.54, 1.807) is 11.3 Å². The van der Waals surface area contributed by atoms with E-state index in [4.69, 9.17) is 0 Å². The maximum atomic E-state index is 4.62. The van der Waals surface area contributed by atoms with Gasteiger partial charge in [-0.25, -0.2) is 4.98 Å². The van der Waals surface area contributed by atoms with Gasteiger partial charge in [0.15, 0.2) is 0 Å². The summed E-state index contributed by atoms with van der Waals surface area (Å²) in [6.45, 7) is 5.07. The summed E-state index contributed by atoms with van der Waals surface area (Å²) in [5, 5.41) is 19.1. The number of pyridine rings is 1. The van der Waals surface area contributed by atoms with E-state index in [1.807, 2.05) is 17.1 Å². The normalized spacial score (nSPS) is 11.2. The van der Waals surface area contributed by atoms with Crippen LogP contribution in [0.15, 0.2) is 65.6 Å². The summed E-state index contributed by atoms with van der Waals surface area (Å²) >= 11 is 1.69. The highest BCUT2D eigenvalue weighted by molar-refractivity contribution is 7.08. The Kier molecular flexibility index (Phi) is 4.41. The predicted molar refractivity (Wildman–Crippen MR) is 123 cm³/mol. The Bertz CT molecular complexity index is 1300. The van der Waals surface area contributed by atoms with Crippen molar-refractivity contribution in [1.82, 2.24) is 14.8 Å². The van der Waals surface area contributed by atoms with Gasteiger partial charge in [-0.05, 0) is 55.1 Å². The summed E-state index contributed by atoms with van der Waals surface area (Å²) in [5.74, 6) is 0.845. The van der Waals surface area contributed by atoms with Gasteiger partial charge in [-0.3, -0.25) is 4.68 Å². The number of nitrogens with one attached hydrogen (secondary N) is 2. The third-order valence-electron chi connectivity index (χ3n) is 5.15. The van der Waals surface area contributed by atoms with Crippen molar-refractivity contribution in [2.45, 2.75) is 20.4 Å². The highest BCUT2D eigenvalue weighted by Gasteiger charge is 2.11. The summed E-state index contributed by atoms with van der Waals surface area (Å²) in [4.78, 5) is 4.62. The Hall–Kier alpha value is -3.38. The fourth-order valence-corrected chi connectivity index (χ4v) is 4.23. The van der Waals surface area contributed by atoms with E-state index >= 15 is 0 Å². The molecule has 0 aliphatic carbocycles. The van der Waals surface area contributed by atoms with Crippen LogP contribution in [0.25, 0.3) is 21.7 Å². The molecule has 0 fully saturated rings. The molecular weight excluding hydrogens is 378 g/mol. The van der Waals surface area contributed by atoms with Crippen LogP contribution >= 0.6 is 11.3 Å². The second-order valence-corrected chi connectivity index (χ2v) is 7.79. The maximum Gasteiger partial charge on any atom is 0.138 e. The standard InChI is InChI=1S/C23H21N5S/c1-3-28-21-12-17(6-5-16(21)13-25-28)27-23-20-7-4-15(2)22(19(20)8-10-24-23)26-18-9-11-29-14-18/h4-14,26H,3H2,1-2H3,(H,24,27). The topological polar surface area (TPSA) is 54.8 Å². The number of hydrogen-bond acceptors (Lipinski definition) is 5. The number of hydrogen-bond donors (Lipinski definition) is 2. The van der Waals surface area contributed by atoms with Gasteiger partial charge < -0.3 is 10.6 Å². The molecule has 0 aliphatic rings. The summed E-state index contributed by atoms with van der Waals surface area (Å²) < 4.78 is 2.00. The lowest BCUT2D eigenvalue weighted by atomic mass is 10.1. The van der Waals surface area contributed by atoms with Crippen molar-refractivity contribution in [3.05, 3.63) is 71.2 Å². The summed E-state index contributed by atoms with van der Waals surface area (Å²) in [6.07, 6.45) is 3.77. The second-order valence-electron chi connectivity index (χ2n) is 7.01. The molecule has 6 heteroatoms. The number of aromatic nitrogens is 3. The first-order valence-electron chi connectivity index (χ1n) is 9.63. The highest BCUT2D eigenvalue weighted by Crippen LogP contribution is 2.34. The average Bonchev–Trinajstić information content (AvgIpc) is 3.39. The summed E-state index contributed by atoms with van der Waals surface area (Å²) in [5.41, 5.74) is 5.55.